The standard InChI is InChI=1S/C28H27N5O/c1-18(19(2)28-29-11-9-27(34)32(28)4)20(3)33-12-10-26-24(17-33)14-23(16-31-26)22-13-21-7-5-6-8-25(21)30-15-22/h5-9,11,13-16H,3,10,12,17H2,1-2,4H3/b19-18-. The third-order valence-electron chi connectivity index (χ3n) is 6.74. The van der Waals surface area contributed by atoms with Crippen LogP contribution in [-0.4, -0.2) is 31.0 Å². The molecule has 34 heavy (non-hydrogen) atoms. The molecule has 0 bridgehead atoms. The fourth-order valence-electron chi connectivity index (χ4n) is 4.49. The van der Waals surface area contributed by atoms with Crippen molar-refractivity contribution in [3.63, 3.8) is 0 Å². The maximum Gasteiger partial charge on any atom is 0.253 e. The summed E-state index contributed by atoms with van der Waals surface area (Å²) in [6.07, 6.45) is 6.28. The second-order valence-corrected chi connectivity index (χ2v) is 8.78. The van der Waals surface area contributed by atoms with Gasteiger partial charge in [-0.1, -0.05) is 24.8 Å². The normalized spacial score (nSPS) is 14.0. The molecule has 5 rings (SSSR count). The first-order chi connectivity index (χ1) is 16.4. The van der Waals surface area contributed by atoms with Crippen molar-refractivity contribution in [1.29, 1.82) is 0 Å². The minimum atomic E-state index is -0.0727. The van der Waals surface area contributed by atoms with E-state index in [0.29, 0.717) is 5.82 Å². The topological polar surface area (TPSA) is 63.9 Å². The average molecular weight is 450 g/mol. The first-order valence-electron chi connectivity index (χ1n) is 11.4. The highest BCUT2D eigenvalue weighted by Gasteiger charge is 2.21. The Kier molecular flexibility index (Phi) is 5.57. The summed E-state index contributed by atoms with van der Waals surface area (Å²) in [4.78, 5) is 28.1. The van der Waals surface area contributed by atoms with Gasteiger partial charge in [0.15, 0.2) is 0 Å². The van der Waals surface area contributed by atoms with Crippen molar-refractivity contribution in [3.05, 3.63) is 106 Å². The van der Waals surface area contributed by atoms with Gasteiger partial charge < -0.3 is 4.90 Å². The van der Waals surface area contributed by atoms with Crippen molar-refractivity contribution in [1.82, 2.24) is 24.4 Å². The number of aromatic nitrogens is 4. The lowest BCUT2D eigenvalue weighted by Crippen LogP contribution is -2.31. The molecule has 6 heteroatoms. The molecule has 3 aromatic heterocycles. The molecule has 4 aromatic rings. The monoisotopic (exact) mass is 449 g/mol. The number of hydrogen-bond acceptors (Lipinski definition) is 5. The molecule has 1 aromatic carbocycles. The van der Waals surface area contributed by atoms with Gasteiger partial charge in [0.05, 0.1) is 5.52 Å². The van der Waals surface area contributed by atoms with Gasteiger partial charge in [0.2, 0.25) is 0 Å². The van der Waals surface area contributed by atoms with Gasteiger partial charge in [0.25, 0.3) is 5.56 Å². The van der Waals surface area contributed by atoms with Gasteiger partial charge >= 0.3 is 0 Å². The summed E-state index contributed by atoms with van der Waals surface area (Å²) in [6.45, 7) is 10.0. The molecule has 170 valence electrons. The maximum absolute atomic E-state index is 12.1. The number of fused-ring (bicyclic) bond motifs is 2. The zero-order valence-electron chi connectivity index (χ0n) is 19.7. The third kappa shape index (κ3) is 3.92. The third-order valence-corrected chi connectivity index (χ3v) is 6.74. The van der Waals surface area contributed by atoms with Gasteiger partial charge in [-0.25, -0.2) is 4.98 Å². The van der Waals surface area contributed by atoms with E-state index in [9.17, 15) is 4.79 Å². The van der Waals surface area contributed by atoms with Crippen LogP contribution in [0.4, 0.5) is 0 Å². The van der Waals surface area contributed by atoms with Gasteiger partial charge in [-0.15, -0.1) is 0 Å². The Balaban J connectivity index is 1.43. The van der Waals surface area contributed by atoms with E-state index in [1.165, 1.54) is 11.6 Å². The number of allylic oxidation sites excluding steroid dienone is 2. The first-order valence-corrected chi connectivity index (χ1v) is 11.4. The van der Waals surface area contributed by atoms with Crippen molar-refractivity contribution in [3.8, 4) is 11.1 Å². The molecule has 0 aliphatic carbocycles. The van der Waals surface area contributed by atoms with Crippen LogP contribution in [0.1, 0.15) is 30.9 Å². The molecule has 4 heterocycles. The first kappa shape index (κ1) is 21.8. The smallest absolute Gasteiger partial charge is 0.253 e. The van der Waals surface area contributed by atoms with Crippen molar-refractivity contribution < 1.29 is 0 Å². The van der Waals surface area contributed by atoms with Gasteiger partial charge in [-0.2, -0.15) is 0 Å². The quantitative estimate of drug-likeness (QED) is 0.421. The van der Waals surface area contributed by atoms with Crippen molar-refractivity contribution in [2.24, 2.45) is 7.05 Å². The molecule has 0 N–H and O–H groups in total. The summed E-state index contributed by atoms with van der Waals surface area (Å²) in [6, 6.07) is 14.0. The van der Waals surface area contributed by atoms with E-state index in [4.69, 9.17) is 4.98 Å². The summed E-state index contributed by atoms with van der Waals surface area (Å²) in [5.74, 6) is 0.663. The van der Waals surface area contributed by atoms with Crippen LogP contribution in [0.3, 0.4) is 0 Å². The highest BCUT2D eigenvalue weighted by Crippen LogP contribution is 2.30. The highest BCUT2D eigenvalue weighted by atomic mass is 16.1. The van der Waals surface area contributed by atoms with Crippen LogP contribution in [0.5, 0.6) is 0 Å². The molecule has 0 saturated heterocycles. The average Bonchev–Trinajstić information content (AvgIpc) is 2.88. The van der Waals surface area contributed by atoms with Crippen LogP contribution in [-0.2, 0) is 20.0 Å². The molecule has 0 fully saturated rings. The predicted molar refractivity (Wildman–Crippen MR) is 136 cm³/mol. The van der Waals surface area contributed by atoms with Gasteiger partial charge in [0, 0.05) is 79.1 Å². The zero-order valence-corrected chi connectivity index (χ0v) is 19.7. The van der Waals surface area contributed by atoms with E-state index < -0.39 is 0 Å². The molecule has 6 nitrogen and oxygen atoms in total. The fourth-order valence-corrected chi connectivity index (χ4v) is 4.49. The summed E-state index contributed by atoms with van der Waals surface area (Å²) in [5.41, 5.74) is 8.30. The van der Waals surface area contributed by atoms with E-state index in [1.807, 2.05) is 44.4 Å². The Labute approximate surface area is 199 Å². The minimum absolute atomic E-state index is 0.0727. The maximum atomic E-state index is 12.1. The van der Waals surface area contributed by atoms with Crippen LogP contribution in [0.15, 0.2) is 83.7 Å². The van der Waals surface area contributed by atoms with Crippen LogP contribution < -0.4 is 5.56 Å². The number of para-hydroxylation sites is 1. The Hall–Kier alpha value is -4.06. The van der Waals surface area contributed by atoms with E-state index in [1.54, 1.807) is 17.8 Å². The molecule has 0 radical (unpaired) electrons. The lowest BCUT2D eigenvalue weighted by molar-refractivity contribution is 0.326. The SMILES string of the molecule is C=C(/C(C)=C(/C)c1nccc(=O)n1C)N1CCc2ncc(-c3cnc4ccccc4c3)cc2C1. The summed E-state index contributed by atoms with van der Waals surface area (Å²) in [5, 5.41) is 1.12. The van der Waals surface area contributed by atoms with Gasteiger partial charge in [-0.3, -0.25) is 19.3 Å². The predicted octanol–water partition coefficient (Wildman–Crippen LogP) is 4.76. The van der Waals surface area contributed by atoms with Gasteiger partial charge in [-0.05, 0) is 48.8 Å². The molecule has 1 aliphatic rings. The molecule has 1 aliphatic heterocycles. The van der Waals surface area contributed by atoms with Crippen LogP contribution >= 0.6 is 0 Å². The van der Waals surface area contributed by atoms with Crippen molar-refractivity contribution >= 4 is 16.5 Å². The van der Waals surface area contributed by atoms with E-state index in [-0.39, 0.29) is 5.56 Å². The second-order valence-electron chi connectivity index (χ2n) is 8.78. The van der Waals surface area contributed by atoms with E-state index in [2.05, 4.69) is 39.6 Å². The van der Waals surface area contributed by atoms with Crippen LogP contribution in [0.2, 0.25) is 0 Å². The Morgan fingerprint density at radius 2 is 1.76 bits per heavy atom. The Morgan fingerprint density at radius 1 is 1.00 bits per heavy atom. The van der Waals surface area contributed by atoms with Crippen LogP contribution in [0.25, 0.3) is 27.6 Å². The van der Waals surface area contributed by atoms with Crippen molar-refractivity contribution in [2.75, 3.05) is 6.54 Å². The number of rotatable bonds is 4. The lowest BCUT2D eigenvalue weighted by Gasteiger charge is -2.33. The molecule has 0 atom stereocenters. The molecule has 0 spiro atoms. The van der Waals surface area contributed by atoms with Crippen LogP contribution in [0, 0.1) is 0 Å². The summed E-state index contributed by atoms with van der Waals surface area (Å²) >= 11 is 0. The molecular formula is C28H27N5O. The summed E-state index contributed by atoms with van der Waals surface area (Å²) < 4.78 is 1.57. The second kappa shape index (κ2) is 8.71. The lowest BCUT2D eigenvalue weighted by atomic mass is 9.98. The van der Waals surface area contributed by atoms with Crippen molar-refractivity contribution in [2.45, 2.75) is 26.8 Å². The molecule has 0 unspecified atom stereocenters. The highest BCUT2D eigenvalue weighted by molar-refractivity contribution is 5.83. The number of hydrogen-bond donors (Lipinski definition) is 0. The van der Waals surface area contributed by atoms with E-state index >= 15 is 0 Å². The minimum Gasteiger partial charge on any atom is -0.367 e. The summed E-state index contributed by atoms with van der Waals surface area (Å²) in [7, 11) is 1.75. The number of pyridine rings is 2. The Morgan fingerprint density at radius 3 is 2.62 bits per heavy atom. The number of benzene rings is 1. The molecular weight excluding hydrogens is 422 g/mol. The fraction of sp³-hybridized carbons (Fsp3) is 0.214. The zero-order chi connectivity index (χ0) is 23.8. The van der Waals surface area contributed by atoms with E-state index in [0.717, 1.165) is 64.1 Å². The largest absolute Gasteiger partial charge is 0.367 e. The van der Waals surface area contributed by atoms with Gasteiger partial charge in [0.1, 0.15) is 5.82 Å². The molecule has 0 amide bonds. The number of nitrogens with zero attached hydrogens (tertiary/aromatic N) is 5. The Bertz CT molecular complexity index is 1520. The molecule has 0 saturated carbocycles.